The van der Waals surface area contributed by atoms with Crippen LogP contribution in [0.3, 0.4) is 0 Å². The van der Waals surface area contributed by atoms with Gasteiger partial charge in [-0.25, -0.2) is 9.37 Å². The second-order valence-corrected chi connectivity index (χ2v) is 4.24. The van der Waals surface area contributed by atoms with Crippen molar-refractivity contribution in [3.05, 3.63) is 58.6 Å². The minimum absolute atomic E-state index is 0.175. The van der Waals surface area contributed by atoms with Crippen molar-refractivity contribution in [3.63, 3.8) is 0 Å². The Morgan fingerprint density at radius 1 is 1.18 bits per heavy atom. The highest BCUT2D eigenvalue weighted by atomic mass is 79.9. The van der Waals surface area contributed by atoms with Crippen molar-refractivity contribution < 1.29 is 9.18 Å². The van der Waals surface area contributed by atoms with E-state index in [2.05, 4.69) is 26.2 Å². The van der Waals surface area contributed by atoms with E-state index in [0.29, 0.717) is 5.69 Å². The first kappa shape index (κ1) is 11.7. The fourth-order valence-corrected chi connectivity index (χ4v) is 1.50. The van der Waals surface area contributed by atoms with E-state index in [4.69, 9.17) is 0 Å². The van der Waals surface area contributed by atoms with Crippen LogP contribution in [0.5, 0.6) is 0 Å². The van der Waals surface area contributed by atoms with E-state index < -0.39 is 5.82 Å². The average molecular weight is 295 g/mol. The fourth-order valence-electron chi connectivity index (χ4n) is 1.24. The Kier molecular flexibility index (Phi) is 3.49. The van der Waals surface area contributed by atoms with Crippen molar-refractivity contribution >= 4 is 27.5 Å². The van der Waals surface area contributed by atoms with Crippen molar-refractivity contribution in [2.45, 2.75) is 0 Å². The molecule has 2 rings (SSSR count). The Morgan fingerprint density at radius 2 is 1.88 bits per heavy atom. The molecule has 0 fully saturated rings. The average Bonchev–Trinajstić information content (AvgIpc) is 2.33. The highest BCUT2D eigenvalue weighted by molar-refractivity contribution is 9.10. The van der Waals surface area contributed by atoms with E-state index in [1.165, 1.54) is 12.1 Å². The number of anilines is 1. The Bertz CT molecular complexity index is 525. The van der Waals surface area contributed by atoms with E-state index in [9.17, 15) is 9.18 Å². The molecule has 1 N–H and O–H groups in total. The summed E-state index contributed by atoms with van der Waals surface area (Å²) < 4.78 is 13.5. The van der Waals surface area contributed by atoms with Gasteiger partial charge in [-0.3, -0.25) is 4.79 Å². The largest absolute Gasteiger partial charge is 0.321 e. The summed E-state index contributed by atoms with van der Waals surface area (Å²) in [4.78, 5) is 15.4. The Balaban J connectivity index is 2.11. The Morgan fingerprint density at radius 3 is 2.47 bits per heavy atom. The van der Waals surface area contributed by atoms with Gasteiger partial charge in [0.15, 0.2) is 0 Å². The number of nitrogens with one attached hydrogen (secondary N) is 1. The lowest BCUT2D eigenvalue weighted by Crippen LogP contribution is -2.13. The van der Waals surface area contributed by atoms with Gasteiger partial charge >= 0.3 is 0 Å². The molecule has 0 saturated heterocycles. The molecule has 0 aliphatic heterocycles. The number of benzene rings is 1. The monoisotopic (exact) mass is 294 g/mol. The number of amides is 1. The molecule has 1 aromatic carbocycles. The highest BCUT2D eigenvalue weighted by Gasteiger charge is 2.07. The smallest absolute Gasteiger partial charge is 0.274 e. The van der Waals surface area contributed by atoms with Crippen molar-refractivity contribution in [2.75, 3.05) is 5.32 Å². The SMILES string of the molecule is O=C(Nc1ccc(Br)cc1)c1ccc(F)cn1. The lowest BCUT2D eigenvalue weighted by atomic mass is 10.3. The molecule has 0 unspecified atom stereocenters. The normalized spacial score (nSPS) is 10.0. The van der Waals surface area contributed by atoms with Gasteiger partial charge in [0.1, 0.15) is 11.5 Å². The maximum Gasteiger partial charge on any atom is 0.274 e. The van der Waals surface area contributed by atoms with E-state index in [-0.39, 0.29) is 11.6 Å². The molecule has 0 bridgehead atoms. The van der Waals surface area contributed by atoms with Gasteiger partial charge in [-0.05, 0) is 36.4 Å². The van der Waals surface area contributed by atoms with Crippen molar-refractivity contribution in [2.24, 2.45) is 0 Å². The van der Waals surface area contributed by atoms with E-state index in [1.807, 2.05) is 12.1 Å². The van der Waals surface area contributed by atoms with Crippen LogP contribution in [0.15, 0.2) is 47.1 Å². The first-order valence-electron chi connectivity index (χ1n) is 4.83. The lowest BCUT2D eigenvalue weighted by Gasteiger charge is -2.04. The molecule has 0 radical (unpaired) electrons. The number of halogens is 2. The van der Waals surface area contributed by atoms with Gasteiger partial charge in [0.05, 0.1) is 6.20 Å². The third-order valence-corrected chi connectivity index (χ3v) is 2.59. The van der Waals surface area contributed by atoms with Crippen molar-refractivity contribution in [1.82, 2.24) is 4.98 Å². The minimum atomic E-state index is -0.467. The first-order chi connectivity index (χ1) is 8.15. The third-order valence-electron chi connectivity index (χ3n) is 2.06. The summed E-state index contributed by atoms with van der Waals surface area (Å²) in [6.07, 6.45) is 1.01. The zero-order valence-electron chi connectivity index (χ0n) is 8.65. The summed E-state index contributed by atoms with van der Waals surface area (Å²) in [5.74, 6) is -0.836. The van der Waals surface area contributed by atoms with Gasteiger partial charge in [0, 0.05) is 10.2 Å². The van der Waals surface area contributed by atoms with Crippen LogP contribution < -0.4 is 5.32 Å². The molecule has 1 aromatic heterocycles. The molecule has 0 aliphatic carbocycles. The molecule has 0 aliphatic rings. The molecule has 2 aromatic rings. The molecule has 0 spiro atoms. The predicted molar refractivity (Wildman–Crippen MR) is 66.3 cm³/mol. The summed E-state index contributed by atoms with van der Waals surface area (Å²) in [6, 6.07) is 9.67. The van der Waals surface area contributed by atoms with E-state index in [1.54, 1.807) is 12.1 Å². The van der Waals surface area contributed by atoms with Crippen LogP contribution in [-0.4, -0.2) is 10.9 Å². The fraction of sp³-hybridized carbons (Fsp3) is 0. The maximum absolute atomic E-state index is 12.6. The van der Waals surface area contributed by atoms with Crippen LogP contribution in [-0.2, 0) is 0 Å². The molecule has 0 atom stereocenters. The summed E-state index contributed by atoms with van der Waals surface area (Å²) in [7, 11) is 0. The van der Waals surface area contributed by atoms with Gasteiger partial charge in [0.2, 0.25) is 0 Å². The molecule has 5 heteroatoms. The molecular formula is C12H8BrFN2O. The summed E-state index contributed by atoms with van der Waals surface area (Å²) >= 11 is 3.30. The number of hydrogen-bond acceptors (Lipinski definition) is 2. The topological polar surface area (TPSA) is 42.0 Å². The first-order valence-corrected chi connectivity index (χ1v) is 5.63. The molecule has 0 saturated carbocycles. The number of hydrogen-bond donors (Lipinski definition) is 1. The van der Waals surface area contributed by atoms with E-state index in [0.717, 1.165) is 10.7 Å². The van der Waals surface area contributed by atoms with Crippen LogP contribution in [0, 0.1) is 5.82 Å². The molecule has 1 amide bonds. The number of pyridine rings is 1. The van der Waals surface area contributed by atoms with Crippen LogP contribution in [0.25, 0.3) is 0 Å². The quantitative estimate of drug-likeness (QED) is 0.924. The number of rotatable bonds is 2. The summed E-state index contributed by atoms with van der Waals surface area (Å²) in [6.45, 7) is 0. The number of aromatic nitrogens is 1. The summed E-state index contributed by atoms with van der Waals surface area (Å²) in [5.41, 5.74) is 0.832. The zero-order valence-corrected chi connectivity index (χ0v) is 10.2. The van der Waals surface area contributed by atoms with Gasteiger partial charge in [0.25, 0.3) is 5.91 Å². The molecular weight excluding hydrogens is 287 g/mol. The van der Waals surface area contributed by atoms with Gasteiger partial charge in [-0.2, -0.15) is 0 Å². The standard InChI is InChI=1S/C12H8BrFN2O/c13-8-1-4-10(5-2-8)16-12(17)11-6-3-9(14)7-15-11/h1-7H,(H,16,17). The lowest BCUT2D eigenvalue weighted by molar-refractivity contribution is 0.102. The van der Waals surface area contributed by atoms with Crippen molar-refractivity contribution in [3.8, 4) is 0 Å². The summed E-state index contributed by atoms with van der Waals surface area (Å²) in [5, 5.41) is 2.66. The zero-order chi connectivity index (χ0) is 12.3. The Hall–Kier alpha value is -1.75. The van der Waals surface area contributed by atoms with Crippen molar-refractivity contribution in [1.29, 1.82) is 0 Å². The third kappa shape index (κ3) is 3.10. The molecule has 86 valence electrons. The molecule has 3 nitrogen and oxygen atoms in total. The molecule has 1 heterocycles. The Labute approximate surface area is 106 Å². The van der Waals surface area contributed by atoms with Gasteiger partial charge in [-0.15, -0.1) is 0 Å². The van der Waals surface area contributed by atoms with Crippen LogP contribution in [0.2, 0.25) is 0 Å². The number of carbonyl (C=O) groups is 1. The predicted octanol–water partition coefficient (Wildman–Crippen LogP) is 3.24. The highest BCUT2D eigenvalue weighted by Crippen LogP contribution is 2.14. The minimum Gasteiger partial charge on any atom is -0.321 e. The molecule has 17 heavy (non-hydrogen) atoms. The van der Waals surface area contributed by atoms with Crippen LogP contribution >= 0.6 is 15.9 Å². The van der Waals surface area contributed by atoms with Gasteiger partial charge in [-0.1, -0.05) is 15.9 Å². The van der Waals surface area contributed by atoms with Gasteiger partial charge < -0.3 is 5.32 Å². The second kappa shape index (κ2) is 5.05. The number of nitrogens with zero attached hydrogens (tertiary/aromatic N) is 1. The number of carbonyl (C=O) groups excluding carboxylic acids is 1. The van der Waals surface area contributed by atoms with Crippen LogP contribution in [0.1, 0.15) is 10.5 Å². The maximum atomic E-state index is 12.6. The second-order valence-electron chi connectivity index (χ2n) is 3.32. The van der Waals surface area contributed by atoms with E-state index >= 15 is 0 Å². The van der Waals surface area contributed by atoms with Crippen LogP contribution in [0.4, 0.5) is 10.1 Å².